The third-order valence-electron chi connectivity index (χ3n) is 4.31. The van der Waals surface area contributed by atoms with Crippen LogP contribution in [0.2, 0.25) is 0 Å². The molecule has 132 valence electrons. The summed E-state index contributed by atoms with van der Waals surface area (Å²) in [7, 11) is 2.01. The lowest BCUT2D eigenvalue weighted by Crippen LogP contribution is -3.12. The average molecular weight is 357 g/mol. The minimum atomic E-state index is -0.207. The van der Waals surface area contributed by atoms with Crippen molar-refractivity contribution >= 4 is 29.1 Å². The van der Waals surface area contributed by atoms with Crippen molar-refractivity contribution in [2.24, 2.45) is 0 Å². The number of rotatable bonds is 7. The fraction of sp³-hybridized carbons (Fsp3) is 0.300. The molecule has 2 aromatic carbocycles. The SMILES string of the molecule is CSc1ccc(C[NH+](C)[C@@H](C)C(=O)Nc2cccc(C(C)=O)c2)cc1. The first-order valence-corrected chi connectivity index (χ1v) is 9.50. The van der Waals surface area contributed by atoms with E-state index in [1.54, 1.807) is 36.0 Å². The number of amides is 1. The largest absolute Gasteiger partial charge is 0.324 e. The predicted molar refractivity (Wildman–Crippen MR) is 103 cm³/mol. The van der Waals surface area contributed by atoms with E-state index in [4.69, 9.17) is 0 Å². The van der Waals surface area contributed by atoms with Crippen LogP contribution in [0.15, 0.2) is 53.4 Å². The summed E-state index contributed by atoms with van der Waals surface area (Å²) in [6, 6.07) is 15.2. The molecule has 2 rings (SSSR count). The summed E-state index contributed by atoms with van der Waals surface area (Å²) in [5.74, 6) is -0.0699. The summed E-state index contributed by atoms with van der Waals surface area (Å²) in [4.78, 5) is 26.3. The number of carbonyl (C=O) groups excluding carboxylic acids is 2. The number of thioether (sulfide) groups is 1. The minimum absolute atomic E-state index is 0.0134. The number of ketones is 1. The van der Waals surface area contributed by atoms with Crippen LogP contribution >= 0.6 is 11.8 Å². The van der Waals surface area contributed by atoms with Gasteiger partial charge in [0.15, 0.2) is 11.8 Å². The van der Waals surface area contributed by atoms with Gasteiger partial charge in [-0.05, 0) is 44.4 Å². The molecule has 0 aliphatic rings. The van der Waals surface area contributed by atoms with Crippen molar-refractivity contribution in [3.63, 3.8) is 0 Å². The zero-order valence-electron chi connectivity index (χ0n) is 15.1. The fourth-order valence-corrected chi connectivity index (χ4v) is 2.92. The van der Waals surface area contributed by atoms with E-state index in [-0.39, 0.29) is 17.7 Å². The topological polar surface area (TPSA) is 50.6 Å². The van der Waals surface area contributed by atoms with E-state index in [0.29, 0.717) is 11.3 Å². The van der Waals surface area contributed by atoms with E-state index in [2.05, 4.69) is 35.8 Å². The van der Waals surface area contributed by atoms with E-state index >= 15 is 0 Å². The molecule has 0 saturated carbocycles. The van der Waals surface area contributed by atoms with Gasteiger partial charge >= 0.3 is 0 Å². The fourth-order valence-electron chi connectivity index (χ4n) is 2.51. The van der Waals surface area contributed by atoms with Crippen LogP contribution in [0.4, 0.5) is 5.69 Å². The maximum Gasteiger partial charge on any atom is 0.282 e. The molecule has 0 saturated heterocycles. The minimum Gasteiger partial charge on any atom is -0.324 e. The number of hydrogen-bond acceptors (Lipinski definition) is 3. The molecular weight excluding hydrogens is 332 g/mol. The van der Waals surface area contributed by atoms with Gasteiger partial charge in [-0.2, -0.15) is 0 Å². The second-order valence-electron chi connectivity index (χ2n) is 6.22. The maximum absolute atomic E-state index is 12.5. The third kappa shape index (κ3) is 5.44. The molecule has 25 heavy (non-hydrogen) atoms. The molecule has 0 aliphatic carbocycles. The smallest absolute Gasteiger partial charge is 0.282 e. The second kappa shape index (κ2) is 8.83. The Balaban J connectivity index is 1.98. The standard InChI is InChI=1S/C20H24N2O2S/c1-14(22(3)13-16-8-10-19(25-4)11-9-16)20(24)21-18-7-5-6-17(12-18)15(2)23/h5-12,14H,13H2,1-4H3,(H,21,24)/p+1/t14-/m0/s1. The Bertz CT molecular complexity index is 744. The summed E-state index contributed by atoms with van der Waals surface area (Å²) in [6.07, 6.45) is 2.06. The normalized spacial score (nSPS) is 13.1. The van der Waals surface area contributed by atoms with Crippen LogP contribution in [0.3, 0.4) is 0 Å². The van der Waals surface area contributed by atoms with Gasteiger partial charge in [-0.3, -0.25) is 9.59 Å². The Kier molecular flexibility index (Phi) is 6.79. The summed E-state index contributed by atoms with van der Waals surface area (Å²) in [5.41, 5.74) is 2.45. The van der Waals surface area contributed by atoms with Crippen LogP contribution < -0.4 is 10.2 Å². The van der Waals surface area contributed by atoms with Crippen molar-refractivity contribution in [3.8, 4) is 0 Å². The number of benzene rings is 2. The number of Topliss-reactive ketones (excluding diaryl/α,β-unsaturated/α-hetero) is 1. The highest BCUT2D eigenvalue weighted by Gasteiger charge is 2.22. The van der Waals surface area contributed by atoms with Crippen molar-refractivity contribution in [1.29, 1.82) is 0 Å². The quantitative estimate of drug-likeness (QED) is 0.592. The van der Waals surface area contributed by atoms with Gasteiger partial charge in [0.05, 0.1) is 7.05 Å². The van der Waals surface area contributed by atoms with Gasteiger partial charge in [0.2, 0.25) is 0 Å². The summed E-state index contributed by atoms with van der Waals surface area (Å²) < 4.78 is 0. The van der Waals surface area contributed by atoms with E-state index in [1.807, 2.05) is 14.0 Å². The van der Waals surface area contributed by atoms with Crippen molar-refractivity contribution in [3.05, 3.63) is 59.7 Å². The summed E-state index contributed by atoms with van der Waals surface area (Å²) in [5, 5.41) is 2.91. The van der Waals surface area contributed by atoms with Gasteiger partial charge < -0.3 is 10.2 Å². The number of hydrogen-bond donors (Lipinski definition) is 2. The maximum atomic E-state index is 12.5. The van der Waals surface area contributed by atoms with E-state index in [9.17, 15) is 9.59 Å². The highest BCUT2D eigenvalue weighted by atomic mass is 32.2. The van der Waals surface area contributed by atoms with E-state index in [0.717, 1.165) is 11.4 Å². The van der Waals surface area contributed by atoms with Crippen LogP contribution in [0.1, 0.15) is 29.8 Å². The molecule has 0 radical (unpaired) electrons. The van der Waals surface area contributed by atoms with Gasteiger partial charge in [0.1, 0.15) is 6.54 Å². The molecule has 2 N–H and O–H groups in total. The van der Waals surface area contributed by atoms with Gasteiger partial charge in [0, 0.05) is 21.7 Å². The van der Waals surface area contributed by atoms with Crippen molar-refractivity contribution in [2.45, 2.75) is 31.3 Å². The summed E-state index contributed by atoms with van der Waals surface area (Å²) in [6.45, 7) is 4.20. The first-order chi connectivity index (χ1) is 11.9. The van der Waals surface area contributed by atoms with Gasteiger partial charge in [-0.25, -0.2) is 0 Å². The molecule has 0 heterocycles. The molecule has 0 fully saturated rings. The lowest BCUT2D eigenvalue weighted by Gasteiger charge is -2.21. The van der Waals surface area contributed by atoms with Crippen LogP contribution in [0, 0.1) is 0 Å². The second-order valence-corrected chi connectivity index (χ2v) is 7.10. The van der Waals surface area contributed by atoms with Crippen LogP contribution in [0.5, 0.6) is 0 Å². The highest BCUT2D eigenvalue weighted by Crippen LogP contribution is 2.14. The molecule has 1 amide bonds. The van der Waals surface area contributed by atoms with Gasteiger partial charge in [-0.1, -0.05) is 24.3 Å². The van der Waals surface area contributed by atoms with Gasteiger partial charge in [0.25, 0.3) is 5.91 Å². The van der Waals surface area contributed by atoms with Crippen molar-refractivity contribution in [2.75, 3.05) is 18.6 Å². The average Bonchev–Trinajstić information content (AvgIpc) is 2.61. The van der Waals surface area contributed by atoms with Crippen molar-refractivity contribution < 1.29 is 14.5 Å². The van der Waals surface area contributed by atoms with E-state index in [1.165, 1.54) is 17.4 Å². The number of likely N-dealkylation sites (N-methyl/N-ethyl adjacent to an activating group) is 1. The van der Waals surface area contributed by atoms with Crippen LogP contribution in [-0.2, 0) is 11.3 Å². The molecule has 2 atom stereocenters. The Hall–Kier alpha value is -2.11. The number of carbonyl (C=O) groups is 2. The molecular formula is C20H25N2O2S+. The third-order valence-corrected chi connectivity index (χ3v) is 5.05. The first-order valence-electron chi connectivity index (χ1n) is 8.28. The lowest BCUT2D eigenvalue weighted by molar-refractivity contribution is -0.907. The molecule has 2 aromatic rings. The molecule has 4 nitrogen and oxygen atoms in total. The lowest BCUT2D eigenvalue weighted by atomic mass is 10.1. The molecule has 0 aliphatic heterocycles. The molecule has 0 aromatic heterocycles. The van der Waals surface area contributed by atoms with E-state index < -0.39 is 0 Å². The number of nitrogens with one attached hydrogen (secondary N) is 2. The monoisotopic (exact) mass is 357 g/mol. The van der Waals surface area contributed by atoms with Crippen LogP contribution in [0.25, 0.3) is 0 Å². The highest BCUT2D eigenvalue weighted by molar-refractivity contribution is 7.98. The van der Waals surface area contributed by atoms with Gasteiger partial charge in [-0.15, -0.1) is 11.8 Å². The number of quaternary nitrogens is 1. The molecule has 1 unspecified atom stereocenters. The predicted octanol–water partition coefficient (Wildman–Crippen LogP) is 2.65. The summed E-state index contributed by atoms with van der Waals surface area (Å²) >= 11 is 1.72. The molecule has 5 heteroatoms. The molecule has 0 spiro atoms. The number of anilines is 1. The Morgan fingerprint density at radius 2 is 1.84 bits per heavy atom. The zero-order valence-corrected chi connectivity index (χ0v) is 15.9. The molecule has 0 bridgehead atoms. The zero-order chi connectivity index (χ0) is 18.4. The van der Waals surface area contributed by atoms with Crippen molar-refractivity contribution in [1.82, 2.24) is 0 Å². The first kappa shape index (κ1) is 19.2. The Morgan fingerprint density at radius 1 is 1.16 bits per heavy atom. The Morgan fingerprint density at radius 3 is 2.44 bits per heavy atom. The van der Waals surface area contributed by atoms with Crippen LogP contribution in [-0.4, -0.2) is 31.0 Å². The Labute approximate surface area is 153 Å².